The highest BCUT2D eigenvalue weighted by molar-refractivity contribution is 6.33. The maximum atomic E-state index is 12.1. The van der Waals surface area contributed by atoms with Gasteiger partial charge in [0.1, 0.15) is 0 Å². The summed E-state index contributed by atoms with van der Waals surface area (Å²) in [6.07, 6.45) is 0.0102. The van der Waals surface area contributed by atoms with Gasteiger partial charge in [0, 0.05) is 24.0 Å². The Morgan fingerprint density at radius 3 is 2.11 bits per heavy atom. The maximum absolute atomic E-state index is 12.1. The van der Waals surface area contributed by atoms with Crippen LogP contribution in [0.25, 0.3) is 0 Å². The third-order valence-corrected chi connectivity index (χ3v) is 3.70. The monoisotopic (exact) mass is 386 g/mol. The molecule has 0 spiro atoms. The van der Waals surface area contributed by atoms with Gasteiger partial charge in [0.25, 0.3) is 5.91 Å². The van der Waals surface area contributed by atoms with Crippen molar-refractivity contribution in [2.24, 2.45) is 5.10 Å². The highest BCUT2D eigenvalue weighted by Gasteiger charge is 2.09. The van der Waals surface area contributed by atoms with Gasteiger partial charge in [0.15, 0.2) is 0 Å². The molecule has 0 atom stereocenters. The predicted octanol–water partition coefficient (Wildman–Crippen LogP) is 3.43. The van der Waals surface area contributed by atoms with Crippen LogP contribution in [0.1, 0.15) is 30.6 Å². The second kappa shape index (κ2) is 9.49. The van der Waals surface area contributed by atoms with E-state index in [2.05, 4.69) is 21.2 Å². The third kappa shape index (κ3) is 6.56. The first kappa shape index (κ1) is 20.1. The summed E-state index contributed by atoms with van der Waals surface area (Å²) in [4.78, 5) is 35.1. The van der Waals surface area contributed by atoms with Crippen molar-refractivity contribution in [1.29, 1.82) is 0 Å². The Kier molecular flexibility index (Phi) is 7.08. The predicted molar refractivity (Wildman–Crippen MR) is 106 cm³/mol. The SMILES string of the molecule is CC(=O)Nc1ccc(NC(=O)C/C(C)=N\NC(=O)c2ccccc2Cl)cc1. The van der Waals surface area contributed by atoms with E-state index in [1.54, 1.807) is 55.5 Å². The van der Waals surface area contributed by atoms with Crippen molar-refractivity contribution in [3.63, 3.8) is 0 Å². The molecule has 0 aliphatic rings. The minimum absolute atomic E-state index is 0.0102. The summed E-state index contributed by atoms with van der Waals surface area (Å²) in [7, 11) is 0. The van der Waals surface area contributed by atoms with Gasteiger partial charge in [0.2, 0.25) is 11.8 Å². The lowest BCUT2D eigenvalue weighted by molar-refractivity contribution is -0.115. The minimum Gasteiger partial charge on any atom is -0.326 e. The van der Waals surface area contributed by atoms with E-state index < -0.39 is 5.91 Å². The van der Waals surface area contributed by atoms with E-state index in [1.807, 2.05) is 0 Å². The molecule has 2 aromatic rings. The lowest BCUT2D eigenvalue weighted by Crippen LogP contribution is -2.21. The van der Waals surface area contributed by atoms with Crippen LogP contribution in [-0.4, -0.2) is 23.4 Å². The Morgan fingerprint density at radius 2 is 1.52 bits per heavy atom. The lowest BCUT2D eigenvalue weighted by atomic mass is 10.2. The highest BCUT2D eigenvalue weighted by atomic mass is 35.5. The second-order valence-electron chi connectivity index (χ2n) is 5.75. The zero-order valence-electron chi connectivity index (χ0n) is 14.9. The molecular weight excluding hydrogens is 368 g/mol. The summed E-state index contributed by atoms with van der Waals surface area (Å²) >= 11 is 5.95. The van der Waals surface area contributed by atoms with Crippen LogP contribution in [0.2, 0.25) is 5.02 Å². The molecule has 0 saturated carbocycles. The largest absolute Gasteiger partial charge is 0.326 e. The first-order valence-electron chi connectivity index (χ1n) is 8.10. The van der Waals surface area contributed by atoms with Crippen molar-refractivity contribution in [2.75, 3.05) is 10.6 Å². The molecule has 0 radical (unpaired) electrons. The van der Waals surface area contributed by atoms with Gasteiger partial charge in [-0.1, -0.05) is 23.7 Å². The molecule has 3 amide bonds. The van der Waals surface area contributed by atoms with Crippen molar-refractivity contribution in [3.05, 3.63) is 59.1 Å². The smallest absolute Gasteiger partial charge is 0.272 e. The topological polar surface area (TPSA) is 99.7 Å². The highest BCUT2D eigenvalue weighted by Crippen LogP contribution is 2.15. The van der Waals surface area contributed by atoms with Crippen molar-refractivity contribution < 1.29 is 14.4 Å². The molecule has 2 rings (SSSR count). The summed E-state index contributed by atoms with van der Waals surface area (Å²) < 4.78 is 0. The van der Waals surface area contributed by atoms with Gasteiger partial charge >= 0.3 is 0 Å². The fourth-order valence-corrected chi connectivity index (χ4v) is 2.39. The number of hydrogen-bond acceptors (Lipinski definition) is 4. The minimum atomic E-state index is -0.450. The second-order valence-corrected chi connectivity index (χ2v) is 6.16. The number of hydrogen-bond donors (Lipinski definition) is 3. The molecule has 0 aromatic heterocycles. The summed E-state index contributed by atoms with van der Waals surface area (Å²) in [5, 5.41) is 9.60. The van der Waals surface area contributed by atoms with Crippen molar-refractivity contribution in [1.82, 2.24) is 5.43 Å². The first-order valence-corrected chi connectivity index (χ1v) is 8.48. The molecule has 7 nitrogen and oxygen atoms in total. The molecule has 0 bridgehead atoms. The number of hydrazone groups is 1. The Bertz CT molecular complexity index is 879. The first-order chi connectivity index (χ1) is 12.8. The van der Waals surface area contributed by atoms with Crippen molar-refractivity contribution >= 4 is 46.4 Å². The van der Waals surface area contributed by atoms with E-state index in [4.69, 9.17) is 11.6 Å². The van der Waals surface area contributed by atoms with Crippen LogP contribution in [0.4, 0.5) is 11.4 Å². The van der Waals surface area contributed by atoms with Gasteiger partial charge in [0.05, 0.1) is 17.0 Å². The molecule has 0 heterocycles. The number of halogens is 1. The lowest BCUT2D eigenvalue weighted by Gasteiger charge is -2.07. The van der Waals surface area contributed by atoms with Crippen LogP contribution in [0.15, 0.2) is 53.6 Å². The fraction of sp³-hybridized carbons (Fsp3) is 0.158. The number of anilines is 2. The average Bonchev–Trinajstić information content (AvgIpc) is 2.61. The van der Waals surface area contributed by atoms with Crippen LogP contribution >= 0.6 is 11.6 Å². The molecule has 0 unspecified atom stereocenters. The number of carbonyl (C=O) groups excluding carboxylic acids is 3. The molecule has 0 fully saturated rings. The van der Waals surface area contributed by atoms with E-state index in [1.165, 1.54) is 6.92 Å². The molecule has 3 N–H and O–H groups in total. The van der Waals surface area contributed by atoms with E-state index in [0.717, 1.165) is 0 Å². The number of benzene rings is 2. The standard InChI is InChI=1S/C19H19ClN4O3/c1-12(23-24-19(27)16-5-3-4-6-17(16)20)11-18(26)22-15-9-7-14(8-10-15)21-13(2)25/h3-10H,11H2,1-2H3,(H,21,25)(H,22,26)(H,24,27)/b23-12-. The van der Waals surface area contributed by atoms with Crippen LogP contribution in [0.5, 0.6) is 0 Å². The Hall–Kier alpha value is -3.19. The number of nitrogens with zero attached hydrogens (tertiary/aromatic N) is 1. The van der Waals surface area contributed by atoms with Gasteiger partial charge in [-0.25, -0.2) is 5.43 Å². The Morgan fingerprint density at radius 1 is 0.926 bits per heavy atom. The molecule has 0 aliphatic heterocycles. The quantitative estimate of drug-likeness (QED) is 0.523. The average molecular weight is 387 g/mol. The van der Waals surface area contributed by atoms with Crippen LogP contribution in [0, 0.1) is 0 Å². The summed E-state index contributed by atoms with van der Waals surface area (Å²) in [6, 6.07) is 13.3. The summed E-state index contributed by atoms with van der Waals surface area (Å²) in [5.74, 6) is -0.901. The van der Waals surface area contributed by atoms with E-state index in [-0.39, 0.29) is 18.2 Å². The molecule has 0 saturated heterocycles. The van der Waals surface area contributed by atoms with Crippen molar-refractivity contribution in [2.45, 2.75) is 20.3 Å². The molecule has 8 heteroatoms. The Labute approximate surface area is 161 Å². The summed E-state index contributed by atoms with van der Waals surface area (Å²) in [5.41, 5.74) is 4.34. The molecule has 0 aliphatic carbocycles. The maximum Gasteiger partial charge on any atom is 0.272 e. The Balaban J connectivity index is 1.87. The molecule has 2 aromatic carbocycles. The van der Waals surface area contributed by atoms with Gasteiger partial charge in [-0.15, -0.1) is 0 Å². The van der Waals surface area contributed by atoms with Crippen LogP contribution < -0.4 is 16.1 Å². The fourth-order valence-electron chi connectivity index (χ4n) is 2.17. The summed E-state index contributed by atoms with van der Waals surface area (Å²) in [6.45, 7) is 3.05. The normalized spacial score (nSPS) is 10.9. The zero-order valence-corrected chi connectivity index (χ0v) is 15.6. The van der Waals surface area contributed by atoms with E-state index in [0.29, 0.717) is 27.7 Å². The third-order valence-electron chi connectivity index (χ3n) is 3.37. The van der Waals surface area contributed by atoms with Gasteiger partial charge in [-0.3, -0.25) is 14.4 Å². The van der Waals surface area contributed by atoms with E-state index in [9.17, 15) is 14.4 Å². The van der Waals surface area contributed by atoms with Gasteiger partial charge in [-0.05, 0) is 43.3 Å². The number of carbonyl (C=O) groups is 3. The van der Waals surface area contributed by atoms with Crippen LogP contribution in [-0.2, 0) is 9.59 Å². The van der Waals surface area contributed by atoms with Crippen molar-refractivity contribution in [3.8, 4) is 0 Å². The zero-order chi connectivity index (χ0) is 19.8. The van der Waals surface area contributed by atoms with Crippen LogP contribution in [0.3, 0.4) is 0 Å². The molecule has 140 valence electrons. The van der Waals surface area contributed by atoms with E-state index >= 15 is 0 Å². The molecular formula is C19H19ClN4O3. The van der Waals surface area contributed by atoms with Gasteiger partial charge < -0.3 is 10.6 Å². The molecule has 27 heavy (non-hydrogen) atoms. The number of nitrogens with one attached hydrogen (secondary N) is 3. The van der Waals surface area contributed by atoms with Gasteiger partial charge in [-0.2, -0.15) is 5.10 Å². The number of amides is 3. The number of rotatable bonds is 6.